The molecule has 0 fully saturated rings. The van der Waals surface area contributed by atoms with Gasteiger partial charge in [-0.05, 0) is 6.92 Å². The Hall–Kier alpha value is 0.430. The summed E-state index contributed by atoms with van der Waals surface area (Å²) >= 11 is 0. The fourth-order valence-electron chi connectivity index (χ4n) is 0.253. The smallest absolute Gasteiger partial charge is 1.00 e. The Morgan fingerprint density at radius 1 is 1.88 bits per heavy atom. The zero-order chi connectivity index (χ0) is 5.86. The maximum atomic E-state index is 9.65. The van der Waals surface area contributed by atoms with Gasteiger partial charge in [0.1, 0.15) is 0 Å². The number of aliphatic hydroxyl groups excluding tert-OH is 1. The molecule has 0 aliphatic rings. The zero-order valence-corrected chi connectivity index (χ0v) is 7.09. The molecule has 0 heterocycles. The van der Waals surface area contributed by atoms with Crippen LogP contribution in [-0.2, 0) is 4.79 Å². The van der Waals surface area contributed by atoms with Crippen LogP contribution in [0.5, 0.6) is 0 Å². The quantitative estimate of drug-likeness (QED) is 0.389. The van der Waals surface area contributed by atoms with Crippen molar-refractivity contribution >= 4 is 5.97 Å². The minimum Gasteiger partial charge on any atom is -1.00 e. The molecule has 2 N–H and O–H groups in total. The molecule has 0 aliphatic carbocycles. The number of hydrogen-bond acceptors (Lipinski definition) is 2. The van der Waals surface area contributed by atoms with E-state index < -0.39 is 12.1 Å². The molecule has 0 aromatic heterocycles. The first-order valence-corrected chi connectivity index (χ1v) is 2.03. The van der Waals surface area contributed by atoms with Crippen LogP contribution in [0.25, 0.3) is 0 Å². The Kier molecular flexibility index (Phi) is 7.83. The molecule has 0 spiro atoms. The largest absolute Gasteiger partial charge is 1.00 e. The van der Waals surface area contributed by atoms with Crippen molar-refractivity contribution in [3.8, 4) is 0 Å². The maximum absolute atomic E-state index is 9.65. The van der Waals surface area contributed by atoms with Gasteiger partial charge in [-0.2, -0.15) is 0 Å². The molecule has 1 unspecified atom stereocenters. The predicted octanol–water partition coefficient (Wildman–Crippen LogP) is -3.04. The van der Waals surface area contributed by atoms with Gasteiger partial charge in [0.15, 0.2) is 0 Å². The Bertz CT molecular complexity index is 76.2. The summed E-state index contributed by atoms with van der Waals surface area (Å²) < 4.78 is 0. The summed E-state index contributed by atoms with van der Waals surface area (Å²) in [4.78, 5) is 9.65. The molecule has 3 nitrogen and oxygen atoms in total. The second-order valence-corrected chi connectivity index (χ2v) is 1.45. The van der Waals surface area contributed by atoms with Crippen LogP contribution in [0, 0.1) is 0 Å². The van der Waals surface area contributed by atoms with E-state index >= 15 is 0 Å². The van der Waals surface area contributed by atoms with E-state index in [2.05, 4.69) is 0 Å². The van der Waals surface area contributed by atoms with Crippen LogP contribution in [0.1, 0.15) is 14.8 Å². The standard InChI is InChI=1S/C4H8O3.Na.H/c1-3(5)2-4(6)7;;/h3,5H,2H2,1H3,(H,6,7);;/q;+1;-1. The Morgan fingerprint density at radius 3 is 2.25 bits per heavy atom. The van der Waals surface area contributed by atoms with Crippen molar-refractivity contribution in [2.24, 2.45) is 0 Å². The molecule has 0 aromatic carbocycles. The molecule has 0 aliphatic heterocycles. The van der Waals surface area contributed by atoms with Crippen molar-refractivity contribution in [1.82, 2.24) is 0 Å². The number of hydrogen-bond donors (Lipinski definition) is 2. The van der Waals surface area contributed by atoms with E-state index in [9.17, 15) is 4.79 Å². The summed E-state index contributed by atoms with van der Waals surface area (Å²) in [5.41, 5.74) is 0. The Labute approximate surface area is 71.5 Å². The predicted molar refractivity (Wildman–Crippen MR) is 25.0 cm³/mol. The Balaban J connectivity index is -0.000000180. The van der Waals surface area contributed by atoms with Gasteiger partial charge in [-0.3, -0.25) is 4.79 Å². The van der Waals surface area contributed by atoms with Gasteiger partial charge in [0.05, 0.1) is 12.5 Å². The summed E-state index contributed by atoms with van der Waals surface area (Å²) in [6.07, 6.45) is -0.891. The third-order valence-electron chi connectivity index (χ3n) is 0.470. The van der Waals surface area contributed by atoms with Crippen LogP contribution in [0.4, 0.5) is 0 Å². The molecule has 0 amide bonds. The van der Waals surface area contributed by atoms with Gasteiger partial charge in [0, 0.05) is 0 Å². The average molecular weight is 128 g/mol. The first kappa shape index (κ1) is 11.3. The molecule has 0 bridgehead atoms. The first-order chi connectivity index (χ1) is 3.13. The van der Waals surface area contributed by atoms with Crippen molar-refractivity contribution in [2.75, 3.05) is 0 Å². The molecular formula is C4H9NaO3. The number of rotatable bonds is 2. The third-order valence-corrected chi connectivity index (χ3v) is 0.470. The van der Waals surface area contributed by atoms with Gasteiger partial charge in [0.2, 0.25) is 0 Å². The van der Waals surface area contributed by atoms with Crippen LogP contribution in [0.2, 0.25) is 0 Å². The molecule has 4 heteroatoms. The molecule has 0 saturated carbocycles. The van der Waals surface area contributed by atoms with E-state index in [1.807, 2.05) is 0 Å². The Morgan fingerprint density at radius 2 is 2.25 bits per heavy atom. The van der Waals surface area contributed by atoms with E-state index in [1.54, 1.807) is 0 Å². The number of carbonyl (C=O) groups is 1. The number of carboxylic acids is 1. The van der Waals surface area contributed by atoms with Gasteiger partial charge in [-0.15, -0.1) is 0 Å². The van der Waals surface area contributed by atoms with Crippen LogP contribution in [-0.4, -0.2) is 22.3 Å². The summed E-state index contributed by atoms with van der Waals surface area (Å²) in [5.74, 6) is -0.963. The summed E-state index contributed by atoms with van der Waals surface area (Å²) in [6, 6.07) is 0. The molecule has 8 heavy (non-hydrogen) atoms. The number of carboxylic acid groups (broad SMARTS) is 1. The second-order valence-electron chi connectivity index (χ2n) is 1.45. The SMILES string of the molecule is CC(O)CC(=O)O.[H-].[Na+]. The molecule has 0 saturated heterocycles. The molecule has 44 valence electrons. The maximum Gasteiger partial charge on any atom is 1.00 e. The first-order valence-electron chi connectivity index (χ1n) is 2.03. The van der Waals surface area contributed by atoms with E-state index in [1.165, 1.54) is 6.92 Å². The zero-order valence-electron chi connectivity index (χ0n) is 6.09. The minimum absolute atomic E-state index is 0. The van der Waals surface area contributed by atoms with E-state index in [0.717, 1.165) is 0 Å². The normalized spacial score (nSPS) is 11.8. The minimum atomic E-state index is -0.963. The topological polar surface area (TPSA) is 57.5 Å². The molecule has 0 aromatic rings. The van der Waals surface area contributed by atoms with Crippen molar-refractivity contribution in [3.05, 3.63) is 0 Å². The van der Waals surface area contributed by atoms with Crippen LogP contribution >= 0.6 is 0 Å². The molecule has 1 atom stereocenters. The molecular weight excluding hydrogens is 119 g/mol. The summed E-state index contributed by atoms with van der Waals surface area (Å²) in [5, 5.41) is 16.3. The fourth-order valence-corrected chi connectivity index (χ4v) is 0.253. The second kappa shape index (κ2) is 5.56. The van der Waals surface area contributed by atoms with Gasteiger partial charge >= 0.3 is 35.5 Å². The van der Waals surface area contributed by atoms with Crippen molar-refractivity contribution < 1.29 is 46.0 Å². The summed E-state index contributed by atoms with van der Waals surface area (Å²) in [6.45, 7) is 1.44. The number of aliphatic hydroxyl groups is 1. The van der Waals surface area contributed by atoms with Gasteiger partial charge in [0.25, 0.3) is 0 Å². The monoisotopic (exact) mass is 128 g/mol. The van der Waals surface area contributed by atoms with E-state index in [0.29, 0.717) is 0 Å². The van der Waals surface area contributed by atoms with Gasteiger partial charge < -0.3 is 11.6 Å². The summed E-state index contributed by atoms with van der Waals surface area (Å²) in [7, 11) is 0. The van der Waals surface area contributed by atoms with Gasteiger partial charge in [-0.25, -0.2) is 0 Å². The number of aliphatic carboxylic acids is 1. The molecule has 0 radical (unpaired) electrons. The van der Waals surface area contributed by atoms with Gasteiger partial charge in [-0.1, -0.05) is 0 Å². The molecule has 0 rings (SSSR count). The van der Waals surface area contributed by atoms with Crippen molar-refractivity contribution in [2.45, 2.75) is 19.4 Å². The van der Waals surface area contributed by atoms with Crippen molar-refractivity contribution in [3.63, 3.8) is 0 Å². The van der Waals surface area contributed by atoms with Crippen molar-refractivity contribution in [1.29, 1.82) is 0 Å². The van der Waals surface area contributed by atoms with Crippen LogP contribution < -0.4 is 29.6 Å². The van der Waals surface area contributed by atoms with E-state index in [-0.39, 0.29) is 37.4 Å². The fraction of sp³-hybridized carbons (Fsp3) is 0.750. The van der Waals surface area contributed by atoms with E-state index in [4.69, 9.17) is 10.2 Å². The third kappa shape index (κ3) is 9.66. The average Bonchev–Trinajstić information content (AvgIpc) is 1.27. The van der Waals surface area contributed by atoms with Crippen LogP contribution in [0.3, 0.4) is 0 Å². The van der Waals surface area contributed by atoms with Crippen LogP contribution in [0.15, 0.2) is 0 Å².